The van der Waals surface area contributed by atoms with Gasteiger partial charge in [0.1, 0.15) is 17.7 Å². The highest BCUT2D eigenvalue weighted by Crippen LogP contribution is 2.44. The molecule has 2 fully saturated rings. The summed E-state index contributed by atoms with van der Waals surface area (Å²) in [4.78, 5) is 14.0. The molecule has 0 saturated carbocycles. The number of aromatic nitrogens is 2. The number of nitrogens with zero attached hydrogens (tertiary/aromatic N) is 4. The Labute approximate surface area is 165 Å². The number of benzene rings is 1. The summed E-state index contributed by atoms with van der Waals surface area (Å²) in [6.07, 6.45) is 3.85. The molecule has 28 heavy (non-hydrogen) atoms. The zero-order chi connectivity index (χ0) is 19.5. The summed E-state index contributed by atoms with van der Waals surface area (Å²) in [5.41, 5.74) is 0.733. The van der Waals surface area contributed by atoms with Crippen LogP contribution in [0, 0.1) is 0 Å². The maximum absolute atomic E-state index is 5.60. The Hall–Kier alpha value is -2.32. The highest BCUT2D eigenvalue weighted by atomic mass is 16.5. The van der Waals surface area contributed by atoms with Crippen molar-refractivity contribution in [2.75, 3.05) is 65.6 Å². The molecule has 152 valence electrons. The largest absolute Gasteiger partial charge is 0.493 e. The molecule has 2 saturated heterocycles. The van der Waals surface area contributed by atoms with Crippen LogP contribution in [0.5, 0.6) is 17.2 Å². The van der Waals surface area contributed by atoms with E-state index in [9.17, 15) is 0 Å². The minimum absolute atomic E-state index is 0.548. The van der Waals surface area contributed by atoms with E-state index in [-0.39, 0.29) is 0 Å². The molecule has 4 rings (SSSR count). The Morgan fingerprint density at radius 2 is 1.64 bits per heavy atom. The van der Waals surface area contributed by atoms with E-state index in [1.54, 1.807) is 27.7 Å². The molecule has 0 N–H and O–H groups in total. The third kappa shape index (κ3) is 3.42. The quantitative estimate of drug-likeness (QED) is 0.770. The zero-order valence-corrected chi connectivity index (χ0v) is 16.8. The monoisotopic (exact) mass is 388 g/mol. The molecule has 0 atom stereocenters. The molecule has 0 spiro atoms. The lowest BCUT2D eigenvalue weighted by Crippen LogP contribution is -2.51. The van der Waals surface area contributed by atoms with Crippen molar-refractivity contribution in [3.8, 4) is 17.2 Å². The highest BCUT2D eigenvalue weighted by Gasteiger charge is 2.28. The number of anilines is 1. The van der Waals surface area contributed by atoms with Crippen molar-refractivity contribution in [2.45, 2.75) is 18.9 Å². The fourth-order valence-corrected chi connectivity index (χ4v) is 4.25. The van der Waals surface area contributed by atoms with Gasteiger partial charge in [0.05, 0.1) is 26.7 Å². The Bertz CT molecular complexity index is 817. The average Bonchev–Trinajstić information content (AvgIpc) is 2.77. The van der Waals surface area contributed by atoms with Gasteiger partial charge >= 0.3 is 0 Å². The second-order valence-electron chi connectivity index (χ2n) is 7.11. The van der Waals surface area contributed by atoms with Crippen LogP contribution in [-0.4, -0.2) is 81.6 Å². The van der Waals surface area contributed by atoms with E-state index in [2.05, 4.69) is 19.8 Å². The molecule has 2 aliphatic heterocycles. The van der Waals surface area contributed by atoms with Gasteiger partial charge in [-0.3, -0.25) is 4.90 Å². The molecular formula is C20H28N4O4. The van der Waals surface area contributed by atoms with Crippen LogP contribution in [0.2, 0.25) is 0 Å². The van der Waals surface area contributed by atoms with E-state index in [1.165, 1.54) is 0 Å². The van der Waals surface area contributed by atoms with Crippen LogP contribution in [0.15, 0.2) is 12.4 Å². The van der Waals surface area contributed by atoms with Crippen LogP contribution in [0.25, 0.3) is 10.9 Å². The van der Waals surface area contributed by atoms with Crippen molar-refractivity contribution >= 4 is 16.7 Å². The minimum atomic E-state index is 0.548. The number of ether oxygens (including phenoxy) is 4. The van der Waals surface area contributed by atoms with Crippen molar-refractivity contribution in [1.82, 2.24) is 14.9 Å². The van der Waals surface area contributed by atoms with Crippen LogP contribution in [0.1, 0.15) is 12.8 Å². The summed E-state index contributed by atoms with van der Waals surface area (Å²) >= 11 is 0. The molecule has 0 aliphatic carbocycles. The molecule has 0 bridgehead atoms. The fourth-order valence-electron chi connectivity index (χ4n) is 4.25. The van der Waals surface area contributed by atoms with E-state index in [4.69, 9.17) is 18.9 Å². The lowest BCUT2D eigenvalue weighted by atomic mass is 10.1. The molecule has 0 amide bonds. The first-order chi connectivity index (χ1) is 13.8. The van der Waals surface area contributed by atoms with Crippen LogP contribution < -0.4 is 19.1 Å². The summed E-state index contributed by atoms with van der Waals surface area (Å²) in [6.45, 7) is 5.67. The summed E-state index contributed by atoms with van der Waals surface area (Å²) < 4.78 is 22.1. The number of methoxy groups -OCH3 is 3. The topological polar surface area (TPSA) is 69.2 Å². The Kier molecular flexibility index (Phi) is 5.68. The van der Waals surface area contributed by atoms with Gasteiger partial charge < -0.3 is 23.8 Å². The summed E-state index contributed by atoms with van der Waals surface area (Å²) in [5.74, 6) is 2.65. The van der Waals surface area contributed by atoms with Crippen LogP contribution in [0.3, 0.4) is 0 Å². The number of piperazine rings is 1. The third-order valence-corrected chi connectivity index (χ3v) is 5.73. The molecule has 0 unspecified atom stereocenters. The van der Waals surface area contributed by atoms with Crippen LogP contribution in [0.4, 0.5) is 5.82 Å². The van der Waals surface area contributed by atoms with Crippen molar-refractivity contribution in [3.05, 3.63) is 12.4 Å². The third-order valence-electron chi connectivity index (χ3n) is 5.73. The highest BCUT2D eigenvalue weighted by molar-refractivity contribution is 5.97. The second kappa shape index (κ2) is 8.36. The van der Waals surface area contributed by atoms with Gasteiger partial charge in [-0.1, -0.05) is 0 Å². The standard InChI is InChI=1S/C20H28N4O4/c1-25-16-12-15-17(19(27-3)18(16)26-2)21-13-22-20(15)24-8-6-23(7-9-24)14-4-10-28-11-5-14/h12-14H,4-11H2,1-3H3. The van der Waals surface area contributed by atoms with Crippen molar-refractivity contribution in [2.24, 2.45) is 0 Å². The number of hydrogen-bond acceptors (Lipinski definition) is 8. The molecule has 8 nitrogen and oxygen atoms in total. The molecule has 2 aromatic rings. The van der Waals surface area contributed by atoms with Gasteiger partial charge in [0.15, 0.2) is 11.5 Å². The van der Waals surface area contributed by atoms with Crippen LogP contribution in [-0.2, 0) is 4.74 Å². The lowest BCUT2D eigenvalue weighted by Gasteiger charge is -2.41. The van der Waals surface area contributed by atoms with Gasteiger partial charge in [0.25, 0.3) is 0 Å². The van der Waals surface area contributed by atoms with Crippen LogP contribution >= 0.6 is 0 Å². The maximum atomic E-state index is 5.60. The van der Waals surface area contributed by atoms with E-state index < -0.39 is 0 Å². The SMILES string of the molecule is COc1cc2c(N3CCN(C4CCOCC4)CC3)ncnc2c(OC)c1OC. The molecule has 2 aliphatic rings. The average molecular weight is 388 g/mol. The molecular weight excluding hydrogens is 360 g/mol. The summed E-state index contributed by atoms with van der Waals surface area (Å²) in [5, 5.41) is 0.913. The van der Waals surface area contributed by atoms with Gasteiger partial charge in [-0.25, -0.2) is 9.97 Å². The van der Waals surface area contributed by atoms with E-state index >= 15 is 0 Å². The summed E-state index contributed by atoms with van der Waals surface area (Å²) in [7, 11) is 4.84. The first kappa shape index (κ1) is 19.0. The van der Waals surface area contributed by atoms with Gasteiger partial charge in [0, 0.05) is 45.4 Å². The Balaban J connectivity index is 1.62. The van der Waals surface area contributed by atoms with E-state index in [0.29, 0.717) is 23.3 Å². The van der Waals surface area contributed by atoms with E-state index in [0.717, 1.165) is 69.0 Å². The van der Waals surface area contributed by atoms with Gasteiger partial charge in [-0.15, -0.1) is 0 Å². The Morgan fingerprint density at radius 3 is 2.29 bits per heavy atom. The maximum Gasteiger partial charge on any atom is 0.205 e. The predicted octanol–water partition coefficient (Wildman–Crippen LogP) is 1.96. The summed E-state index contributed by atoms with van der Waals surface area (Å²) in [6, 6.07) is 2.58. The molecule has 1 aromatic carbocycles. The van der Waals surface area contributed by atoms with Gasteiger partial charge in [0.2, 0.25) is 5.75 Å². The number of fused-ring (bicyclic) bond motifs is 1. The van der Waals surface area contributed by atoms with Gasteiger partial charge in [-0.2, -0.15) is 0 Å². The normalized spacial score (nSPS) is 19.0. The van der Waals surface area contributed by atoms with Crippen molar-refractivity contribution in [1.29, 1.82) is 0 Å². The Morgan fingerprint density at radius 1 is 0.929 bits per heavy atom. The van der Waals surface area contributed by atoms with E-state index in [1.807, 2.05) is 6.07 Å². The smallest absolute Gasteiger partial charge is 0.205 e. The number of hydrogen-bond donors (Lipinski definition) is 0. The molecule has 0 radical (unpaired) electrons. The fraction of sp³-hybridized carbons (Fsp3) is 0.600. The lowest BCUT2D eigenvalue weighted by molar-refractivity contribution is 0.0321. The predicted molar refractivity (Wildman–Crippen MR) is 107 cm³/mol. The zero-order valence-electron chi connectivity index (χ0n) is 16.8. The minimum Gasteiger partial charge on any atom is -0.493 e. The molecule has 3 heterocycles. The second-order valence-corrected chi connectivity index (χ2v) is 7.11. The van der Waals surface area contributed by atoms with Gasteiger partial charge in [-0.05, 0) is 18.9 Å². The van der Waals surface area contributed by atoms with Crippen molar-refractivity contribution in [3.63, 3.8) is 0 Å². The molecule has 1 aromatic heterocycles. The number of rotatable bonds is 5. The first-order valence-corrected chi connectivity index (χ1v) is 9.77. The van der Waals surface area contributed by atoms with Crippen molar-refractivity contribution < 1.29 is 18.9 Å². The molecule has 8 heteroatoms. The first-order valence-electron chi connectivity index (χ1n) is 9.77.